The van der Waals surface area contributed by atoms with Crippen LogP contribution in [0.25, 0.3) is 0 Å². The molecule has 0 aliphatic carbocycles. The number of unbranched alkanes of at least 4 members (excludes halogenated alkanes) is 1. The quantitative estimate of drug-likeness (QED) is 0.740. The Morgan fingerprint density at radius 3 is 2.46 bits per heavy atom. The van der Waals surface area contributed by atoms with E-state index >= 15 is 0 Å². The number of hydrogen-bond acceptors (Lipinski definition) is 4. The standard InChI is InChI=1S/C19H23NO4/c1-4-5-12-24-17-11-10-14(13-18(17)23-3)19(21)20-15-8-6-7-9-16(15)22-2/h6-11,13H,4-5,12H2,1-3H3,(H,20,21). The molecule has 0 aromatic heterocycles. The Labute approximate surface area is 142 Å². The van der Waals surface area contributed by atoms with Crippen LogP contribution in [0.4, 0.5) is 5.69 Å². The molecule has 2 aromatic rings. The van der Waals surface area contributed by atoms with Gasteiger partial charge in [0.05, 0.1) is 26.5 Å². The van der Waals surface area contributed by atoms with Crippen molar-refractivity contribution in [2.24, 2.45) is 0 Å². The highest BCUT2D eigenvalue weighted by Gasteiger charge is 2.13. The number of amides is 1. The zero-order valence-electron chi connectivity index (χ0n) is 14.3. The lowest BCUT2D eigenvalue weighted by Gasteiger charge is -2.13. The van der Waals surface area contributed by atoms with Crippen molar-refractivity contribution in [1.82, 2.24) is 0 Å². The summed E-state index contributed by atoms with van der Waals surface area (Å²) in [4.78, 5) is 12.5. The van der Waals surface area contributed by atoms with Gasteiger partial charge in [0, 0.05) is 5.56 Å². The van der Waals surface area contributed by atoms with Crippen molar-refractivity contribution < 1.29 is 19.0 Å². The zero-order chi connectivity index (χ0) is 17.4. The molecule has 24 heavy (non-hydrogen) atoms. The Morgan fingerprint density at radius 2 is 1.75 bits per heavy atom. The van der Waals surface area contributed by atoms with E-state index in [1.165, 1.54) is 0 Å². The molecule has 0 aliphatic rings. The van der Waals surface area contributed by atoms with Crippen molar-refractivity contribution in [3.8, 4) is 17.2 Å². The monoisotopic (exact) mass is 329 g/mol. The maximum absolute atomic E-state index is 12.5. The van der Waals surface area contributed by atoms with Gasteiger partial charge < -0.3 is 19.5 Å². The van der Waals surface area contributed by atoms with Crippen molar-refractivity contribution in [1.29, 1.82) is 0 Å². The summed E-state index contributed by atoms with van der Waals surface area (Å²) in [6.45, 7) is 2.73. The summed E-state index contributed by atoms with van der Waals surface area (Å²) in [6, 6.07) is 12.4. The zero-order valence-corrected chi connectivity index (χ0v) is 14.3. The summed E-state index contributed by atoms with van der Waals surface area (Å²) < 4.78 is 16.3. The van der Waals surface area contributed by atoms with E-state index in [-0.39, 0.29) is 5.91 Å². The van der Waals surface area contributed by atoms with Crippen LogP contribution in [0.3, 0.4) is 0 Å². The second-order valence-corrected chi connectivity index (χ2v) is 5.22. The van der Waals surface area contributed by atoms with Crippen LogP contribution in [-0.2, 0) is 0 Å². The SMILES string of the molecule is CCCCOc1ccc(C(=O)Nc2ccccc2OC)cc1OC. The van der Waals surface area contributed by atoms with E-state index in [0.29, 0.717) is 35.1 Å². The summed E-state index contributed by atoms with van der Waals surface area (Å²) in [5.41, 5.74) is 1.10. The predicted octanol–water partition coefficient (Wildman–Crippen LogP) is 4.14. The summed E-state index contributed by atoms with van der Waals surface area (Å²) in [7, 11) is 3.13. The molecule has 0 aliphatic heterocycles. The smallest absolute Gasteiger partial charge is 0.255 e. The number of rotatable bonds is 8. The average molecular weight is 329 g/mol. The summed E-state index contributed by atoms with van der Waals surface area (Å²) in [5, 5.41) is 2.84. The summed E-state index contributed by atoms with van der Waals surface area (Å²) in [5.74, 6) is 1.55. The molecule has 0 spiro atoms. The van der Waals surface area contributed by atoms with Crippen LogP contribution in [0.15, 0.2) is 42.5 Å². The topological polar surface area (TPSA) is 56.8 Å². The second-order valence-electron chi connectivity index (χ2n) is 5.22. The van der Waals surface area contributed by atoms with Gasteiger partial charge in [-0.1, -0.05) is 25.5 Å². The first kappa shape index (κ1) is 17.7. The largest absolute Gasteiger partial charge is 0.495 e. The molecule has 128 valence electrons. The Balaban J connectivity index is 2.14. The number of methoxy groups -OCH3 is 2. The van der Waals surface area contributed by atoms with Crippen LogP contribution < -0.4 is 19.5 Å². The number of benzene rings is 2. The molecule has 2 aromatic carbocycles. The van der Waals surface area contributed by atoms with E-state index in [9.17, 15) is 4.79 Å². The van der Waals surface area contributed by atoms with Crippen molar-refractivity contribution >= 4 is 11.6 Å². The first-order valence-corrected chi connectivity index (χ1v) is 7.94. The van der Waals surface area contributed by atoms with E-state index in [2.05, 4.69) is 12.2 Å². The van der Waals surface area contributed by atoms with E-state index in [0.717, 1.165) is 12.8 Å². The van der Waals surface area contributed by atoms with Gasteiger partial charge in [-0.15, -0.1) is 0 Å². The molecule has 5 heteroatoms. The van der Waals surface area contributed by atoms with Gasteiger partial charge >= 0.3 is 0 Å². The van der Waals surface area contributed by atoms with Crippen molar-refractivity contribution in [2.45, 2.75) is 19.8 Å². The van der Waals surface area contributed by atoms with E-state index in [1.807, 2.05) is 12.1 Å². The molecule has 0 saturated carbocycles. The third kappa shape index (κ3) is 4.41. The molecule has 1 N–H and O–H groups in total. The number of hydrogen-bond donors (Lipinski definition) is 1. The molecule has 0 radical (unpaired) electrons. The van der Waals surface area contributed by atoms with Gasteiger partial charge in [0.1, 0.15) is 5.75 Å². The molecular formula is C19H23NO4. The lowest BCUT2D eigenvalue weighted by molar-refractivity contribution is 0.102. The van der Waals surface area contributed by atoms with Crippen LogP contribution >= 0.6 is 0 Å². The van der Waals surface area contributed by atoms with Crippen molar-refractivity contribution in [3.05, 3.63) is 48.0 Å². The number of ether oxygens (including phenoxy) is 3. The van der Waals surface area contributed by atoms with Crippen LogP contribution in [0, 0.1) is 0 Å². The number of carbonyl (C=O) groups excluding carboxylic acids is 1. The van der Waals surface area contributed by atoms with Gasteiger partial charge in [-0.3, -0.25) is 4.79 Å². The molecule has 0 saturated heterocycles. The van der Waals surface area contributed by atoms with Crippen molar-refractivity contribution in [3.63, 3.8) is 0 Å². The van der Waals surface area contributed by atoms with Crippen LogP contribution in [-0.4, -0.2) is 26.7 Å². The number of para-hydroxylation sites is 2. The summed E-state index contributed by atoms with van der Waals surface area (Å²) >= 11 is 0. The van der Waals surface area contributed by atoms with Crippen LogP contribution in [0.1, 0.15) is 30.1 Å². The maximum atomic E-state index is 12.5. The lowest BCUT2D eigenvalue weighted by atomic mass is 10.1. The second kappa shape index (κ2) is 8.82. The highest BCUT2D eigenvalue weighted by atomic mass is 16.5. The van der Waals surface area contributed by atoms with Crippen molar-refractivity contribution in [2.75, 3.05) is 26.1 Å². The van der Waals surface area contributed by atoms with Crippen LogP contribution in [0.2, 0.25) is 0 Å². The first-order valence-electron chi connectivity index (χ1n) is 7.94. The first-order chi connectivity index (χ1) is 11.7. The lowest BCUT2D eigenvalue weighted by Crippen LogP contribution is -2.13. The third-order valence-electron chi connectivity index (χ3n) is 3.54. The minimum Gasteiger partial charge on any atom is -0.495 e. The molecule has 2 rings (SSSR count). The summed E-state index contributed by atoms with van der Waals surface area (Å²) in [6.07, 6.45) is 2.03. The molecule has 0 atom stereocenters. The van der Waals surface area contributed by atoms with E-state index in [1.54, 1.807) is 44.6 Å². The van der Waals surface area contributed by atoms with Gasteiger partial charge in [0.15, 0.2) is 11.5 Å². The number of nitrogens with one attached hydrogen (secondary N) is 1. The molecule has 0 unspecified atom stereocenters. The molecule has 0 bridgehead atoms. The highest BCUT2D eigenvalue weighted by molar-refractivity contribution is 6.05. The fourth-order valence-electron chi connectivity index (χ4n) is 2.20. The Bertz CT molecular complexity index is 685. The fraction of sp³-hybridized carbons (Fsp3) is 0.316. The molecule has 0 heterocycles. The number of carbonyl (C=O) groups is 1. The molecule has 0 fully saturated rings. The van der Waals surface area contributed by atoms with E-state index < -0.39 is 0 Å². The molecular weight excluding hydrogens is 306 g/mol. The Hall–Kier alpha value is -2.69. The van der Waals surface area contributed by atoms with Crippen LogP contribution in [0.5, 0.6) is 17.2 Å². The predicted molar refractivity (Wildman–Crippen MR) is 94.3 cm³/mol. The minimum atomic E-state index is -0.238. The van der Waals surface area contributed by atoms with Gasteiger partial charge in [0.2, 0.25) is 0 Å². The normalized spacial score (nSPS) is 10.1. The molecule has 5 nitrogen and oxygen atoms in total. The fourth-order valence-corrected chi connectivity index (χ4v) is 2.20. The number of anilines is 1. The third-order valence-corrected chi connectivity index (χ3v) is 3.54. The van der Waals surface area contributed by atoms with Gasteiger partial charge in [0.25, 0.3) is 5.91 Å². The maximum Gasteiger partial charge on any atom is 0.255 e. The minimum absolute atomic E-state index is 0.238. The van der Waals surface area contributed by atoms with E-state index in [4.69, 9.17) is 14.2 Å². The Kier molecular flexibility index (Phi) is 6.49. The highest BCUT2D eigenvalue weighted by Crippen LogP contribution is 2.29. The molecule has 1 amide bonds. The van der Waals surface area contributed by atoms with Gasteiger partial charge in [-0.25, -0.2) is 0 Å². The average Bonchev–Trinajstić information content (AvgIpc) is 2.62. The Morgan fingerprint density at radius 1 is 1.00 bits per heavy atom. The van der Waals surface area contributed by atoms with Gasteiger partial charge in [-0.2, -0.15) is 0 Å². The van der Waals surface area contributed by atoms with Gasteiger partial charge in [-0.05, 0) is 36.8 Å².